The van der Waals surface area contributed by atoms with E-state index in [9.17, 15) is 14.9 Å². The first-order valence-corrected chi connectivity index (χ1v) is 7.89. The molecule has 0 aliphatic rings. The number of hydrogen-bond donors (Lipinski definition) is 0. The number of nitro groups is 1. The molecule has 1 aromatic carbocycles. The molecule has 4 heteroatoms. The van der Waals surface area contributed by atoms with Crippen LogP contribution in [0.5, 0.6) is 0 Å². The van der Waals surface area contributed by atoms with Crippen LogP contribution in [-0.2, 0) is 11.2 Å². The lowest BCUT2D eigenvalue weighted by Gasteiger charge is -2.03. The zero-order valence-corrected chi connectivity index (χ0v) is 12.8. The predicted molar refractivity (Wildman–Crippen MR) is 84.4 cm³/mol. The Balaban J connectivity index is 2.27. The first kappa shape index (κ1) is 17.3. The maximum atomic E-state index is 11.9. The molecule has 0 radical (unpaired) electrons. The highest BCUT2D eigenvalue weighted by Crippen LogP contribution is 2.19. The quantitative estimate of drug-likeness (QED) is 0.333. The molecule has 21 heavy (non-hydrogen) atoms. The van der Waals surface area contributed by atoms with Gasteiger partial charge in [0.1, 0.15) is 5.78 Å². The molecule has 0 spiro atoms. The maximum Gasteiger partial charge on any atom is 0.273 e. The third-order valence-electron chi connectivity index (χ3n) is 3.64. The van der Waals surface area contributed by atoms with Crippen molar-refractivity contribution in [1.82, 2.24) is 0 Å². The van der Waals surface area contributed by atoms with Gasteiger partial charge in [-0.15, -0.1) is 0 Å². The number of ketones is 1. The van der Waals surface area contributed by atoms with Crippen molar-refractivity contribution in [2.75, 3.05) is 0 Å². The third-order valence-corrected chi connectivity index (χ3v) is 3.64. The Kier molecular flexibility index (Phi) is 8.32. The molecule has 0 N–H and O–H groups in total. The number of Topliss-reactive ketones (excluding diaryl/α,β-unsaturated/α-hetero) is 1. The molecule has 0 unspecified atom stereocenters. The zero-order valence-electron chi connectivity index (χ0n) is 12.8. The first-order chi connectivity index (χ1) is 10.1. The fourth-order valence-electron chi connectivity index (χ4n) is 2.42. The van der Waals surface area contributed by atoms with Crippen molar-refractivity contribution >= 4 is 11.5 Å². The molecule has 0 saturated heterocycles. The summed E-state index contributed by atoms with van der Waals surface area (Å²) < 4.78 is 0. The molecule has 0 amide bonds. The molecule has 1 aromatic rings. The molecule has 116 valence electrons. The van der Waals surface area contributed by atoms with Crippen LogP contribution in [0.25, 0.3) is 0 Å². The molecule has 0 aromatic heterocycles. The van der Waals surface area contributed by atoms with Crippen molar-refractivity contribution in [3.63, 3.8) is 0 Å². The van der Waals surface area contributed by atoms with E-state index in [2.05, 4.69) is 6.92 Å². The van der Waals surface area contributed by atoms with E-state index < -0.39 is 4.92 Å². The third kappa shape index (κ3) is 7.02. The summed E-state index contributed by atoms with van der Waals surface area (Å²) in [4.78, 5) is 22.4. The Morgan fingerprint density at radius 3 is 2.33 bits per heavy atom. The van der Waals surface area contributed by atoms with Gasteiger partial charge in [-0.25, -0.2) is 0 Å². The lowest BCUT2D eigenvalue weighted by Crippen LogP contribution is -2.05. The van der Waals surface area contributed by atoms with E-state index in [1.807, 2.05) is 0 Å². The van der Waals surface area contributed by atoms with Crippen molar-refractivity contribution in [1.29, 1.82) is 0 Å². The van der Waals surface area contributed by atoms with Crippen LogP contribution in [0.2, 0.25) is 0 Å². The normalized spacial score (nSPS) is 10.5. The molecule has 1 rings (SSSR count). The Bertz CT molecular complexity index is 457. The largest absolute Gasteiger partial charge is 0.299 e. The highest BCUT2D eigenvalue weighted by Gasteiger charge is 2.14. The lowest BCUT2D eigenvalue weighted by atomic mass is 10.0. The van der Waals surface area contributed by atoms with E-state index in [-0.39, 0.29) is 17.9 Å². The molecule has 0 atom stereocenters. The Morgan fingerprint density at radius 2 is 1.67 bits per heavy atom. The van der Waals surface area contributed by atoms with Gasteiger partial charge in [-0.2, -0.15) is 0 Å². The number of carbonyl (C=O) groups is 1. The Hall–Kier alpha value is -1.71. The van der Waals surface area contributed by atoms with E-state index in [1.165, 1.54) is 38.2 Å². The first-order valence-electron chi connectivity index (χ1n) is 7.89. The van der Waals surface area contributed by atoms with E-state index in [1.54, 1.807) is 18.2 Å². The van der Waals surface area contributed by atoms with Crippen LogP contribution >= 0.6 is 0 Å². The summed E-state index contributed by atoms with van der Waals surface area (Å²) in [5, 5.41) is 10.9. The van der Waals surface area contributed by atoms with Gasteiger partial charge in [0, 0.05) is 24.5 Å². The van der Waals surface area contributed by atoms with Crippen molar-refractivity contribution in [2.45, 2.75) is 64.7 Å². The summed E-state index contributed by atoms with van der Waals surface area (Å²) in [6.07, 6.45) is 8.90. The number of nitrogens with zero attached hydrogens (tertiary/aromatic N) is 1. The molecule has 0 fully saturated rings. The van der Waals surface area contributed by atoms with E-state index >= 15 is 0 Å². The Morgan fingerprint density at radius 1 is 1.05 bits per heavy atom. The van der Waals surface area contributed by atoms with Crippen molar-refractivity contribution in [2.24, 2.45) is 0 Å². The predicted octanol–water partition coefficient (Wildman–Crippen LogP) is 4.85. The second-order valence-electron chi connectivity index (χ2n) is 5.47. The minimum absolute atomic E-state index is 0.0467. The van der Waals surface area contributed by atoms with Gasteiger partial charge in [0.05, 0.1) is 4.92 Å². The molecule has 0 aliphatic heterocycles. The van der Waals surface area contributed by atoms with Crippen LogP contribution < -0.4 is 0 Å². The average molecular weight is 291 g/mol. The van der Waals surface area contributed by atoms with Crippen LogP contribution in [0.3, 0.4) is 0 Å². The monoisotopic (exact) mass is 291 g/mol. The van der Waals surface area contributed by atoms with Gasteiger partial charge in [-0.3, -0.25) is 14.9 Å². The molecule has 4 nitrogen and oxygen atoms in total. The molecular formula is C17H25NO3. The number of benzene rings is 1. The van der Waals surface area contributed by atoms with E-state index in [0.717, 1.165) is 12.8 Å². The van der Waals surface area contributed by atoms with Gasteiger partial charge in [0.25, 0.3) is 5.69 Å². The number of rotatable bonds is 11. The van der Waals surface area contributed by atoms with Crippen molar-refractivity contribution in [3.05, 3.63) is 39.9 Å². The Labute approximate surface area is 126 Å². The minimum Gasteiger partial charge on any atom is -0.299 e. The van der Waals surface area contributed by atoms with E-state index in [4.69, 9.17) is 0 Å². The average Bonchev–Trinajstić information content (AvgIpc) is 2.46. The summed E-state index contributed by atoms with van der Waals surface area (Å²) >= 11 is 0. The summed E-state index contributed by atoms with van der Waals surface area (Å²) in [5.74, 6) is 0.0952. The second-order valence-corrected chi connectivity index (χ2v) is 5.47. The number of hydrogen-bond acceptors (Lipinski definition) is 3. The standard InChI is InChI=1S/C17H25NO3/c1-2-3-4-5-6-7-8-12-16(19)14-15-11-9-10-13-17(15)18(20)21/h9-11,13H,2-8,12,14H2,1H3. The number of carbonyl (C=O) groups excluding carboxylic acids is 1. The molecule has 0 saturated carbocycles. The fraction of sp³-hybridized carbons (Fsp3) is 0.588. The summed E-state index contributed by atoms with van der Waals surface area (Å²) in [6.45, 7) is 2.20. The fourth-order valence-corrected chi connectivity index (χ4v) is 2.42. The smallest absolute Gasteiger partial charge is 0.273 e. The van der Waals surface area contributed by atoms with Crippen LogP contribution in [-0.4, -0.2) is 10.7 Å². The summed E-state index contributed by atoms with van der Waals surface area (Å²) in [6, 6.07) is 6.49. The summed E-state index contributed by atoms with van der Waals surface area (Å²) in [7, 11) is 0. The van der Waals surface area contributed by atoms with E-state index in [0.29, 0.717) is 12.0 Å². The van der Waals surface area contributed by atoms with Crippen molar-refractivity contribution in [3.8, 4) is 0 Å². The topological polar surface area (TPSA) is 60.2 Å². The van der Waals surface area contributed by atoms with Gasteiger partial charge in [0.15, 0.2) is 0 Å². The molecule has 0 bridgehead atoms. The minimum atomic E-state index is -0.420. The number of nitro benzene ring substituents is 1. The summed E-state index contributed by atoms with van der Waals surface area (Å²) in [5.41, 5.74) is 0.570. The molecular weight excluding hydrogens is 266 g/mol. The van der Waals surface area contributed by atoms with Gasteiger partial charge < -0.3 is 0 Å². The van der Waals surface area contributed by atoms with Crippen LogP contribution in [0.4, 0.5) is 5.69 Å². The van der Waals surface area contributed by atoms with Gasteiger partial charge in [-0.1, -0.05) is 63.6 Å². The number of unbranched alkanes of at least 4 members (excludes halogenated alkanes) is 6. The van der Waals surface area contributed by atoms with Crippen LogP contribution in [0, 0.1) is 10.1 Å². The van der Waals surface area contributed by atoms with Gasteiger partial charge in [0.2, 0.25) is 0 Å². The number of para-hydroxylation sites is 1. The van der Waals surface area contributed by atoms with Gasteiger partial charge in [-0.05, 0) is 6.42 Å². The highest BCUT2D eigenvalue weighted by atomic mass is 16.6. The zero-order chi connectivity index (χ0) is 15.5. The van der Waals surface area contributed by atoms with Crippen molar-refractivity contribution < 1.29 is 9.72 Å². The molecule has 0 aliphatic carbocycles. The highest BCUT2D eigenvalue weighted by molar-refractivity contribution is 5.81. The maximum absolute atomic E-state index is 11.9. The molecule has 0 heterocycles. The second kappa shape index (κ2) is 10.1. The lowest BCUT2D eigenvalue weighted by molar-refractivity contribution is -0.385. The van der Waals surface area contributed by atoms with Crippen LogP contribution in [0.1, 0.15) is 63.9 Å². The van der Waals surface area contributed by atoms with Gasteiger partial charge >= 0.3 is 0 Å². The van der Waals surface area contributed by atoms with Crippen LogP contribution in [0.15, 0.2) is 24.3 Å². The SMILES string of the molecule is CCCCCCCCCC(=O)Cc1ccccc1[N+](=O)[O-].